The molecule has 41 heavy (non-hydrogen) atoms. The Balaban J connectivity index is 1.45. The van der Waals surface area contributed by atoms with Gasteiger partial charge in [-0.1, -0.05) is 76.8 Å². The summed E-state index contributed by atoms with van der Waals surface area (Å²) in [6.07, 6.45) is 5.31. The molecule has 1 heterocycles. The number of aliphatic carboxylic acids is 1. The number of aromatic nitrogens is 1. The molecule has 0 aliphatic heterocycles. The number of nitrogens with one attached hydrogen (secondary N) is 1. The Morgan fingerprint density at radius 3 is 2.27 bits per heavy atom. The molecule has 1 aromatic heterocycles. The zero-order valence-electron chi connectivity index (χ0n) is 23.6. The minimum Gasteiger partial charge on any atom is -0.479 e. The summed E-state index contributed by atoms with van der Waals surface area (Å²) in [5.74, 6) is -0.439. The van der Waals surface area contributed by atoms with Crippen molar-refractivity contribution in [2.24, 2.45) is 5.92 Å². The number of carbonyl (C=O) groups is 2. The second kappa shape index (κ2) is 11.7. The fourth-order valence-corrected chi connectivity index (χ4v) is 5.43. The highest BCUT2D eigenvalue weighted by atomic mass is 19.1. The van der Waals surface area contributed by atoms with Gasteiger partial charge in [-0.05, 0) is 76.7 Å². The van der Waals surface area contributed by atoms with Crippen LogP contribution in [0, 0.1) is 11.7 Å². The van der Waals surface area contributed by atoms with Gasteiger partial charge >= 0.3 is 5.97 Å². The van der Waals surface area contributed by atoms with E-state index in [0.29, 0.717) is 11.7 Å². The molecule has 3 aromatic carbocycles. The minimum absolute atomic E-state index is 0.0514. The standard InChI is InChI=1S/C34H35FN2O4/c1-34(2,3)24-11-16-26(17-12-24)41-27-15-10-23-19-30(36-29(28(23)20-27)18-21-6-4-5-7-21)32(38)37-31(33(39)40)22-8-13-25(35)14-9-22/h8-17,19-21,31H,4-7,18H2,1-3H3,(H,37,38)(H,39,40)/t31-/m0/s1. The van der Waals surface area contributed by atoms with E-state index in [1.165, 1.54) is 42.7 Å². The van der Waals surface area contributed by atoms with Gasteiger partial charge in [-0.25, -0.2) is 14.2 Å². The number of hydrogen-bond acceptors (Lipinski definition) is 4. The normalized spacial score (nSPS) is 14.6. The van der Waals surface area contributed by atoms with Crippen molar-refractivity contribution in [3.05, 3.63) is 101 Å². The Morgan fingerprint density at radius 1 is 0.976 bits per heavy atom. The van der Waals surface area contributed by atoms with E-state index >= 15 is 0 Å². The van der Waals surface area contributed by atoms with Gasteiger partial charge in [-0.15, -0.1) is 0 Å². The largest absolute Gasteiger partial charge is 0.479 e. The molecular formula is C34H35FN2O4. The third-order valence-corrected chi connectivity index (χ3v) is 7.75. The van der Waals surface area contributed by atoms with Gasteiger partial charge in [-0.3, -0.25) is 4.79 Å². The van der Waals surface area contributed by atoms with Crippen molar-refractivity contribution in [1.82, 2.24) is 10.3 Å². The monoisotopic (exact) mass is 554 g/mol. The van der Waals surface area contributed by atoms with Crippen LogP contribution >= 0.6 is 0 Å². The second-order valence-electron chi connectivity index (χ2n) is 11.9. The highest BCUT2D eigenvalue weighted by Gasteiger charge is 2.25. The van der Waals surface area contributed by atoms with Gasteiger partial charge in [0.05, 0.1) is 0 Å². The molecule has 0 saturated heterocycles. The molecule has 0 radical (unpaired) electrons. The van der Waals surface area contributed by atoms with Crippen molar-refractivity contribution in [3.8, 4) is 11.5 Å². The van der Waals surface area contributed by atoms with Crippen LogP contribution in [0.1, 0.15) is 79.8 Å². The molecule has 2 N–H and O–H groups in total. The molecular weight excluding hydrogens is 519 g/mol. The average Bonchev–Trinajstić information content (AvgIpc) is 3.45. The van der Waals surface area contributed by atoms with E-state index in [2.05, 4.69) is 38.2 Å². The number of fused-ring (bicyclic) bond motifs is 1. The quantitative estimate of drug-likeness (QED) is 0.232. The number of benzene rings is 3. The third-order valence-electron chi connectivity index (χ3n) is 7.75. The smallest absolute Gasteiger partial charge is 0.330 e. The van der Waals surface area contributed by atoms with Gasteiger partial charge in [-0.2, -0.15) is 0 Å². The molecule has 0 unspecified atom stereocenters. The average molecular weight is 555 g/mol. The molecule has 1 aliphatic rings. The van der Waals surface area contributed by atoms with E-state index in [4.69, 9.17) is 9.72 Å². The van der Waals surface area contributed by atoms with Crippen LogP contribution in [0.3, 0.4) is 0 Å². The van der Waals surface area contributed by atoms with E-state index in [9.17, 15) is 19.1 Å². The maximum atomic E-state index is 13.4. The lowest BCUT2D eigenvalue weighted by Crippen LogP contribution is -2.34. The number of rotatable bonds is 8. The maximum absolute atomic E-state index is 13.4. The summed E-state index contributed by atoms with van der Waals surface area (Å²) in [6, 6.07) is 19.2. The number of pyridine rings is 1. The number of carboxylic acids is 1. The molecule has 5 rings (SSSR count). The number of carboxylic acid groups (broad SMARTS) is 1. The van der Waals surface area contributed by atoms with Crippen LogP contribution in [0.5, 0.6) is 11.5 Å². The lowest BCUT2D eigenvalue weighted by Gasteiger charge is -2.19. The van der Waals surface area contributed by atoms with Crippen LogP contribution in [0.15, 0.2) is 72.8 Å². The summed E-state index contributed by atoms with van der Waals surface area (Å²) in [6.45, 7) is 6.51. The molecule has 0 bridgehead atoms. The van der Waals surface area contributed by atoms with Gasteiger partial charge in [0.2, 0.25) is 0 Å². The molecule has 6 nitrogen and oxygen atoms in total. The van der Waals surface area contributed by atoms with Gasteiger partial charge < -0.3 is 15.2 Å². The second-order valence-corrected chi connectivity index (χ2v) is 11.9. The number of hydrogen-bond donors (Lipinski definition) is 2. The van der Waals surface area contributed by atoms with Gasteiger partial charge in [0.25, 0.3) is 5.91 Å². The Hall–Kier alpha value is -4.26. The molecule has 1 amide bonds. The highest BCUT2D eigenvalue weighted by Crippen LogP contribution is 2.33. The lowest BCUT2D eigenvalue weighted by atomic mass is 9.87. The van der Waals surface area contributed by atoms with Gasteiger partial charge in [0.15, 0.2) is 6.04 Å². The van der Waals surface area contributed by atoms with Crippen molar-refractivity contribution in [2.75, 3.05) is 0 Å². The number of ether oxygens (including phenoxy) is 1. The molecule has 1 atom stereocenters. The van der Waals surface area contributed by atoms with Crippen molar-refractivity contribution in [3.63, 3.8) is 0 Å². The van der Waals surface area contributed by atoms with Crippen molar-refractivity contribution >= 4 is 22.6 Å². The summed E-state index contributed by atoms with van der Waals surface area (Å²) in [7, 11) is 0. The minimum atomic E-state index is -1.33. The Kier molecular flexibility index (Phi) is 8.06. The fraction of sp³-hybridized carbons (Fsp3) is 0.324. The first-order valence-corrected chi connectivity index (χ1v) is 14.1. The van der Waals surface area contributed by atoms with E-state index in [1.54, 1.807) is 6.07 Å². The molecule has 7 heteroatoms. The van der Waals surface area contributed by atoms with Crippen LogP contribution in [-0.4, -0.2) is 22.0 Å². The first kappa shape index (κ1) is 28.3. The number of carbonyl (C=O) groups excluding carboxylic acids is 1. The van der Waals surface area contributed by atoms with Crippen LogP contribution < -0.4 is 10.1 Å². The van der Waals surface area contributed by atoms with E-state index in [1.807, 2.05) is 30.3 Å². The molecule has 1 aliphatic carbocycles. The van der Waals surface area contributed by atoms with Crippen molar-refractivity contribution in [1.29, 1.82) is 0 Å². The summed E-state index contributed by atoms with van der Waals surface area (Å²) in [5, 5.41) is 14.1. The Morgan fingerprint density at radius 2 is 1.63 bits per heavy atom. The third kappa shape index (κ3) is 6.73. The van der Waals surface area contributed by atoms with E-state index in [-0.39, 0.29) is 16.7 Å². The molecule has 212 valence electrons. The van der Waals surface area contributed by atoms with Crippen molar-refractivity contribution in [2.45, 2.75) is 64.3 Å². The van der Waals surface area contributed by atoms with Crippen molar-refractivity contribution < 1.29 is 23.8 Å². The predicted molar refractivity (Wildman–Crippen MR) is 157 cm³/mol. The topological polar surface area (TPSA) is 88.5 Å². The first-order valence-electron chi connectivity index (χ1n) is 14.1. The number of nitrogens with zero attached hydrogens (tertiary/aromatic N) is 1. The van der Waals surface area contributed by atoms with Crippen LogP contribution in [0.4, 0.5) is 4.39 Å². The van der Waals surface area contributed by atoms with Crippen LogP contribution in [0.25, 0.3) is 10.8 Å². The number of amides is 1. The predicted octanol–water partition coefficient (Wildman–Crippen LogP) is 7.75. The highest BCUT2D eigenvalue weighted by molar-refractivity contribution is 5.99. The molecule has 0 spiro atoms. The summed E-state index contributed by atoms with van der Waals surface area (Å²) in [5.41, 5.74) is 2.49. The SMILES string of the molecule is CC(C)(C)c1ccc(Oc2ccc3cc(C(=O)N[C@H](C(=O)O)c4ccc(F)cc4)nc(CC4CCCC4)c3c2)cc1. The van der Waals surface area contributed by atoms with Gasteiger partial charge in [0.1, 0.15) is 23.0 Å². The van der Waals surface area contributed by atoms with Crippen LogP contribution in [0.2, 0.25) is 0 Å². The zero-order valence-corrected chi connectivity index (χ0v) is 23.6. The van der Waals surface area contributed by atoms with Crippen LogP contribution in [-0.2, 0) is 16.6 Å². The Bertz CT molecular complexity index is 1550. The molecule has 1 saturated carbocycles. The molecule has 1 fully saturated rings. The van der Waals surface area contributed by atoms with Gasteiger partial charge in [0, 0.05) is 11.1 Å². The Labute approximate surface area is 239 Å². The van der Waals surface area contributed by atoms with E-state index in [0.717, 1.165) is 41.5 Å². The van der Waals surface area contributed by atoms with E-state index < -0.39 is 23.7 Å². The number of halogens is 1. The first-order chi connectivity index (χ1) is 19.6. The summed E-state index contributed by atoms with van der Waals surface area (Å²) in [4.78, 5) is 30.0. The lowest BCUT2D eigenvalue weighted by molar-refractivity contribution is -0.139. The molecule has 4 aromatic rings. The fourth-order valence-electron chi connectivity index (χ4n) is 5.43. The maximum Gasteiger partial charge on any atom is 0.330 e. The summed E-state index contributed by atoms with van der Waals surface area (Å²) >= 11 is 0. The summed E-state index contributed by atoms with van der Waals surface area (Å²) < 4.78 is 19.6. The zero-order chi connectivity index (χ0) is 29.1.